The van der Waals surface area contributed by atoms with Crippen LogP contribution in [0.1, 0.15) is 5.56 Å². The molecule has 0 radical (unpaired) electrons. The largest absolute Gasteiger partial charge is 0.493 e. The third-order valence-corrected chi connectivity index (χ3v) is 2.08. The van der Waals surface area contributed by atoms with Gasteiger partial charge in [0.05, 0.1) is 7.11 Å². The van der Waals surface area contributed by atoms with Gasteiger partial charge in [-0.1, -0.05) is 18.2 Å². The van der Waals surface area contributed by atoms with Crippen molar-refractivity contribution in [3.05, 3.63) is 36.4 Å². The van der Waals surface area contributed by atoms with Gasteiger partial charge in [0.2, 0.25) is 0 Å². The minimum absolute atomic E-state index is 0.175. The summed E-state index contributed by atoms with van der Waals surface area (Å²) in [4.78, 5) is 10.7. The molecular formula is C12H13ClO3. The van der Waals surface area contributed by atoms with Crippen molar-refractivity contribution in [3.63, 3.8) is 0 Å². The molecular weight excluding hydrogens is 228 g/mol. The Morgan fingerprint density at radius 1 is 1.56 bits per heavy atom. The molecule has 3 nitrogen and oxygen atoms in total. The lowest BCUT2D eigenvalue weighted by atomic mass is 10.1. The second-order valence-corrected chi connectivity index (χ2v) is 3.51. The van der Waals surface area contributed by atoms with Gasteiger partial charge in [-0.2, -0.15) is 0 Å². The number of methoxy groups -OCH3 is 1. The van der Waals surface area contributed by atoms with Crippen LogP contribution in [0.25, 0.3) is 0 Å². The highest BCUT2D eigenvalue weighted by Crippen LogP contribution is 2.31. The molecule has 0 bridgehead atoms. The average Bonchev–Trinajstić information content (AvgIpc) is 2.27. The predicted octanol–water partition coefficient (Wildman–Crippen LogP) is 2.57. The van der Waals surface area contributed by atoms with Crippen LogP contribution in [0.15, 0.2) is 30.9 Å². The van der Waals surface area contributed by atoms with Gasteiger partial charge in [0.15, 0.2) is 18.1 Å². The van der Waals surface area contributed by atoms with Crippen LogP contribution in [0, 0.1) is 0 Å². The molecule has 0 aliphatic rings. The Kier molecular flexibility index (Phi) is 4.86. The molecule has 1 rings (SSSR count). The molecule has 0 spiro atoms. The molecule has 1 aromatic carbocycles. The van der Waals surface area contributed by atoms with Crippen molar-refractivity contribution in [1.82, 2.24) is 0 Å². The van der Waals surface area contributed by atoms with E-state index in [9.17, 15) is 4.79 Å². The first-order valence-electron chi connectivity index (χ1n) is 4.77. The summed E-state index contributed by atoms with van der Waals surface area (Å²) in [7, 11) is 1.54. The predicted molar refractivity (Wildman–Crippen MR) is 63.3 cm³/mol. The molecule has 0 aliphatic heterocycles. The summed E-state index contributed by atoms with van der Waals surface area (Å²) < 4.78 is 10.5. The molecule has 0 amide bonds. The van der Waals surface area contributed by atoms with Gasteiger partial charge in [0.25, 0.3) is 5.24 Å². The maximum Gasteiger partial charge on any atom is 0.259 e. The number of carbonyl (C=O) groups excluding carboxylic acids is 1. The Balaban J connectivity index is 2.98. The summed E-state index contributed by atoms with van der Waals surface area (Å²) in [6, 6.07) is 5.51. The number of ether oxygens (including phenoxy) is 2. The SMILES string of the molecule is C=CCc1cccc(OC)c1OCC(=O)Cl. The van der Waals surface area contributed by atoms with Crippen LogP contribution < -0.4 is 9.47 Å². The van der Waals surface area contributed by atoms with Crippen LogP contribution in [0.4, 0.5) is 0 Å². The average molecular weight is 241 g/mol. The van der Waals surface area contributed by atoms with Crippen molar-refractivity contribution in [2.24, 2.45) is 0 Å². The van der Waals surface area contributed by atoms with Gasteiger partial charge in [-0.3, -0.25) is 4.79 Å². The van der Waals surface area contributed by atoms with E-state index < -0.39 is 5.24 Å². The lowest BCUT2D eigenvalue weighted by Crippen LogP contribution is -2.07. The molecule has 0 saturated carbocycles. The molecule has 0 aromatic heterocycles. The highest BCUT2D eigenvalue weighted by atomic mass is 35.5. The molecule has 0 aliphatic carbocycles. The molecule has 0 heterocycles. The third-order valence-electron chi connectivity index (χ3n) is 1.97. The van der Waals surface area contributed by atoms with Gasteiger partial charge in [-0.15, -0.1) is 6.58 Å². The summed E-state index contributed by atoms with van der Waals surface area (Å²) in [5.41, 5.74) is 0.910. The van der Waals surface area contributed by atoms with Crippen LogP contribution >= 0.6 is 11.6 Å². The summed E-state index contributed by atoms with van der Waals surface area (Å²) in [5, 5.41) is -0.546. The van der Waals surface area contributed by atoms with E-state index in [0.29, 0.717) is 17.9 Å². The number of halogens is 1. The first-order chi connectivity index (χ1) is 7.69. The summed E-state index contributed by atoms with van der Waals surface area (Å²) >= 11 is 5.23. The van der Waals surface area contributed by atoms with Crippen LogP contribution in [0.5, 0.6) is 11.5 Å². The highest BCUT2D eigenvalue weighted by Gasteiger charge is 2.10. The van der Waals surface area contributed by atoms with Crippen LogP contribution in [0.3, 0.4) is 0 Å². The second-order valence-electron chi connectivity index (χ2n) is 3.09. The fourth-order valence-corrected chi connectivity index (χ4v) is 1.39. The summed E-state index contributed by atoms with van der Waals surface area (Å²) in [6.45, 7) is 3.48. The fourth-order valence-electron chi connectivity index (χ4n) is 1.33. The van der Waals surface area contributed by atoms with E-state index in [1.54, 1.807) is 19.3 Å². The smallest absolute Gasteiger partial charge is 0.259 e. The van der Waals surface area contributed by atoms with Gasteiger partial charge in [0, 0.05) is 5.56 Å². The monoisotopic (exact) mass is 240 g/mol. The first kappa shape index (κ1) is 12.6. The number of allylic oxidation sites excluding steroid dienone is 1. The number of benzene rings is 1. The highest BCUT2D eigenvalue weighted by molar-refractivity contribution is 6.63. The molecule has 0 atom stereocenters. The minimum Gasteiger partial charge on any atom is -0.493 e. The lowest BCUT2D eigenvalue weighted by Gasteiger charge is -2.12. The van der Waals surface area contributed by atoms with E-state index >= 15 is 0 Å². The molecule has 4 heteroatoms. The van der Waals surface area contributed by atoms with Gasteiger partial charge in [-0.25, -0.2) is 0 Å². The van der Waals surface area contributed by atoms with Crippen molar-refractivity contribution in [3.8, 4) is 11.5 Å². The number of para-hydroxylation sites is 1. The van der Waals surface area contributed by atoms with E-state index in [2.05, 4.69) is 6.58 Å². The molecule has 0 N–H and O–H groups in total. The van der Waals surface area contributed by atoms with E-state index in [-0.39, 0.29) is 6.61 Å². The number of hydrogen-bond donors (Lipinski definition) is 0. The van der Waals surface area contributed by atoms with Crippen molar-refractivity contribution in [2.45, 2.75) is 6.42 Å². The Hall–Kier alpha value is -1.48. The van der Waals surface area contributed by atoms with Gasteiger partial charge in [0.1, 0.15) is 0 Å². The zero-order valence-electron chi connectivity index (χ0n) is 9.03. The fraction of sp³-hybridized carbons (Fsp3) is 0.250. The molecule has 1 aromatic rings. The topological polar surface area (TPSA) is 35.5 Å². The standard InChI is InChI=1S/C12H13ClO3/c1-3-5-9-6-4-7-10(15-2)12(9)16-8-11(13)14/h3-4,6-7H,1,5,8H2,2H3. The maximum atomic E-state index is 10.7. The Labute approximate surface area is 99.6 Å². The quantitative estimate of drug-likeness (QED) is 0.566. The van der Waals surface area contributed by atoms with Crippen LogP contribution in [-0.4, -0.2) is 19.0 Å². The van der Waals surface area contributed by atoms with E-state index in [4.69, 9.17) is 21.1 Å². The van der Waals surface area contributed by atoms with E-state index in [0.717, 1.165) is 5.56 Å². The van der Waals surface area contributed by atoms with Crippen molar-refractivity contribution in [1.29, 1.82) is 0 Å². The van der Waals surface area contributed by atoms with Gasteiger partial charge < -0.3 is 9.47 Å². The Morgan fingerprint density at radius 2 is 2.31 bits per heavy atom. The molecule has 0 unspecified atom stereocenters. The minimum atomic E-state index is -0.546. The Morgan fingerprint density at radius 3 is 2.88 bits per heavy atom. The zero-order valence-corrected chi connectivity index (χ0v) is 9.79. The van der Waals surface area contributed by atoms with Crippen LogP contribution in [0.2, 0.25) is 0 Å². The van der Waals surface area contributed by atoms with Gasteiger partial charge in [-0.05, 0) is 24.1 Å². The number of rotatable bonds is 6. The second kappa shape index (κ2) is 6.18. The van der Waals surface area contributed by atoms with E-state index in [1.165, 1.54) is 0 Å². The summed E-state index contributed by atoms with van der Waals surface area (Å²) in [5.74, 6) is 1.12. The molecule has 0 fully saturated rings. The lowest BCUT2D eigenvalue weighted by molar-refractivity contribution is -0.113. The normalized spacial score (nSPS) is 9.62. The van der Waals surface area contributed by atoms with Crippen molar-refractivity contribution >= 4 is 16.8 Å². The zero-order chi connectivity index (χ0) is 12.0. The van der Waals surface area contributed by atoms with E-state index in [1.807, 2.05) is 12.1 Å². The van der Waals surface area contributed by atoms with Crippen LogP contribution in [-0.2, 0) is 11.2 Å². The molecule has 16 heavy (non-hydrogen) atoms. The molecule has 86 valence electrons. The third kappa shape index (κ3) is 3.28. The van der Waals surface area contributed by atoms with Crippen molar-refractivity contribution < 1.29 is 14.3 Å². The summed E-state index contributed by atoms with van der Waals surface area (Å²) in [6.07, 6.45) is 2.40. The maximum absolute atomic E-state index is 10.7. The number of hydrogen-bond acceptors (Lipinski definition) is 3. The molecule has 0 saturated heterocycles. The van der Waals surface area contributed by atoms with Gasteiger partial charge >= 0.3 is 0 Å². The number of carbonyl (C=O) groups is 1. The first-order valence-corrected chi connectivity index (χ1v) is 5.14. The van der Waals surface area contributed by atoms with Crippen molar-refractivity contribution in [2.75, 3.05) is 13.7 Å². The Bertz CT molecular complexity index is 388.